The Kier molecular flexibility index (Phi) is 6.36. The molecule has 1 atom stereocenters. The van der Waals surface area contributed by atoms with Gasteiger partial charge >= 0.3 is 0 Å². The van der Waals surface area contributed by atoms with Crippen molar-refractivity contribution in [1.82, 2.24) is 10.3 Å². The molecule has 1 amide bonds. The highest BCUT2D eigenvalue weighted by molar-refractivity contribution is 7.99. The standard InChI is InChI=1S/C16H25N3OS/c1-3-21-11-8-13(2)18-16(20)14-6-7-15(17-12-14)19-9-4-5-10-19/h6-7,12-13H,3-5,8-11H2,1-2H3,(H,18,20)/t13-/m1/s1. The number of rotatable bonds is 7. The number of nitrogens with one attached hydrogen (secondary N) is 1. The second kappa shape index (κ2) is 8.27. The van der Waals surface area contributed by atoms with E-state index in [1.165, 1.54) is 12.8 Å². The molecule has 0 unspecified atom stereocenters. The first kappa shape index (κ1) is 16.1. The molecule has 21 heavy (non-hydrogen) atoms. The highest BCUT2D eigenvalue weighted by Crippen LogP contribution is 2.17. The van der Waals surface area contributed by atoms with Crippen molar-refractivity contribution in [2.45, 2.75) is 39.2 Å². The Morgan fingerprint density at radius 1 is 1.43 bits per heavy atom. The van der Waals surface area contributed by atoms with Crippen molar-refractivity contribution in [2.24, 2.45) is 0 Å². The molecular weight excluding hydrogens is 282 g/mol. The molecule has 5 heteroatoms. The summed E-state index contributed by atoms with van der Waals surface area (Å²) < 4.78 is 0. The Morgan fingerprint density at radius 2 is 2.19 bits per heavy atom. The maximum Gasteiger partial charge on any atom is 0.253 e. The number of pyridine rings is 1. The largest absolute Gasteiger partial charge is 0.357 e. The second-order valence-corrected chi connectivity index (χ2v) is 6.85. The van der Waals surface area contributed by atoms with Crippen LogP contribution in [0.5, 0.6) is 0 Å². The molecule has 0 saturated carbocycles. The molecule has 1 aromatic heterocycles. The van der Waals surface area contributed by atoms with Crippen molar-refractivity contribution in [1.29, 1.82) is 0 Å². The molecule has 1 aromatic rings. The first-order valence-electron chi connectivity index (χ1n) is 7.80. The zero-order chi connectivity index (χ0) is 15.1. The number of amides is 1. The average molecular weight is 307 g/mol. The van der Waals surface area contributed by atoms with Crippen LogP contribution in [0.2, 0.25) is 0 Å². The van der Waals surface area contributed by atoms with E-state index in [0.29, 0.717) is 5.56 Å². The monoisotopic (exact) mass is 307 g/mol. The van der Waals surface area contributed by atoms with Gasteiger partial charge in [0.15, 0.2) is 0 Å². The average Bonchev–Trinajstić information content (AvgIpc) is 3.02. The van der Waals surface area contributed by atoms with Crippen LogP contribution in [0.1, 0.15) is 43.5 Å². The summed E-state index contributed by atoms with van der Waals surface area (Å²) >= 11 is 1.91. The smallest absolute Gasteiger partial charge is 0.253 e. The molecule has 0 aliphatic carbocycles. The van der Waals surface area contributed by atoms with E-state index in [0.717, 1.165) is 36.8 Å². The van der Waals surface area contributed by atoms with E-state index in [1.807, 2.05) is 23.9 Å². The molecule has 1 N–H and O–H groups in total. The number of hydrogen-bond donors (Lipinski definition) is 1. The summed E-state index contributed by atoms with van der Waals surface area (Å²) in [6.07, 6.45) is 5.16. The number of nitrogens with zero attached hydrogens (tertiary/aromatic N) is 2. The van der Waals surface area contributed by atoms with E-state index >= 15 is 0 Å². The van der Waals surface area contributed by atoms with Gasteiger partial charge in [-0.05, 0) is 49.8 Å². The van der Waals surface area contributed by atoms with Crippen molar-refractivity contribution < 1.29 is 4.79 Å². The highest BCUT2D eigenvalue weighted by atomic mass is 32.2. The fourth-order valence-electron chi connectivity index (χ4n) is 2.44. The number of aromatic nitrogens is 1. The summed E-state index contributed by atoms with van der Waals surface area (Å²) in [5.74, 6) is 3.17. The van der Waals surface area contributed by atoms with Gasteiger partial charge in [-0.3, -0.25) is 4.79 Å². The number of carbonyl (C=O) groups is 1. The van der Waals surface area contributed by atoms with Gasteiger partial charge < -0.3 is 10.2 Å². The molecule has 0 bridgehead atoms. The van der Waals surface area contributed by atoms with Crippen LogP contribution in [0.4, 0.5) is 5.82 Å². The summed E-state index contributed by atoms with van der Waals surface area (Å²) in [5.41, 5.74) is 0.646. The SMILES string of the molecule is CCSCC[C@@H](C)NC(=O)c1ccc(N2CCCC2)nc1. The number of thioether (sulfide) groups is 1. The normalized spacial score (nSPS) is 16.0. The predicted octanol–water partition coefficient (Wildman–Crippen LogP) is 2.94. The molecule has 4 nitrogen and oxygen atoms in total. The molecule has 0 radical (unpaired) electrons. The molecular formula is C16H25N3OS. The number of hydrogen-bond acceptors (Lipinski definition) is 4. The van der Waals surface area contributed by atoms with Gasteiger partial charge in [0.1, 0.15) is 5.82 Å². The zero-order valence-electron chi connectivity index (χ0n) is 13.0. The molecule has 1 aliphatic heterocycles. The predicted molar refractivity (Wildman–Crippen MR) is 90.2 cm³/mol. The second-order valence-electron chi connectivity index (χ2n) is 5.46. The van der Waals surface area contributed by atoms with Gasteiger partial charge in [-0.2, -0.15) is 11.8 Å². The summed E-state index contributed by atoms with van der Waals surface area (Å²) in [4.78, 5) is 18.8. The van der Waals surface area contributed by atoms with E-state index in [1.54, 1.807) is 6.20 Å². The zero-order valence-corrected chi connectivity index (χ0v) is 13.8. The molecule has 2 heterocycles. The van der Waals surface area contributed by atoms with Crippen LogP contribution >= 0.6 is 11.8 Å². The van der Waals surface area contributed by atoms with E-state index in [4.69, 9.17) is 0 Å². The summed E-state index contributed by atoms with van der Waals surface area (Å²) in [6, 6.07) is 4.04. The van der Waals surface area contributed by atoms with Crippen LogP contribution in [-0.4, -0.2) is 41.5 Å². The summed E-state index contributed by atoms with van der Waals surface area (Å²) in [7, 11) is 0. The Labute approximate surface area is 131 Å². The van der Waals surface area contributed by atoms with Crippen LogP contribution in [0, 0.1) is 0 Å². The maximum atomic E-state index is 12.1. The summed E-state index contributed by atoms with van der Waals surface area (Å²) in [6.45, 7) is 6.36. The lowest BCUT2D eigenvalue weighted by Gasteiger charge is -2.17. The quantitative estimate of drug-likeness (QED) is 0.787. The lowest BCUT2D eigenvalue weighted by Crippen LogP contribution is -2.33. The molecule has 0 aromatic carbocycles. The Bertz CT molecular complexity index is 443. The van der Waals surface area contributed by atoms with E-state index < -0.39 is 0 Å². The third-order valence-corrected chi connectivity index (χ3v) is 4.65. The van der Waals surface area contributed by atoms with Crippen molar-refractivity contribution in [3.8, 4) is 0 Å². The number of carbonyl (C=O) groups excluding carboxylic acids is 1. The van der Waals surface area contributed by atoms with Gasteiger partial charge in [-0.15, -0.1) is 0 Å². The third-order valence-electron chi connectivity index (χ3n) is 3.72. The van der Waals surface area contributed by atoms with Gasteiger partial charge in [0.05, 0.1) is 5.56 Å². The molecule has 0 spiro atoms. The fourth-order valence-corrected chi connectivity index (χ4v) is 3.25. The fraction of sp³-hybridized carbons (Fsp3) is 0.625. The van der Waals surface area contributed by atoms with Gasteiger partial charge in [-0.25, -0.2) is 4.98 Å². The minimum absolute atomic E-state index is 0.0236. The summed E-state index contributed by atoms with van der Waals surface area (Å²) in [5, 5.41) is 3.04. The van der Waals surface area contributed by atoms with Crippen LogP contribution in [0.25, 0.3) is 0 Å². The Morgan fingerprint density at radius 3 is 2.81 bits per heavy atom. The first-order chi connectivity index (χ1) is 10.2. The van der Waals surface area contributed by atoms with Gasteiger partial charge in [0, 0.05) is 25.3 Å². The van der Waals surface area contributed by atoms with E-state index in [-0.39, 0.29) is 11.9 Å². The lowest BCUT2D eigenvalue weighted by atomic mass is 10.2. The van der Waals surface area contributed by atoms with Gasteiger partial charge in [0.25, 0.3) is 5.91 Å². The van der Waals surface area contributed by atoms with Gasteiger partial charge in [0.2, 0.25) is 0 Å². The van der Waals surface area contributed by atoms with E-state index in [9.17, 15) is 4.79 Å². The van der Waals surface area contributed by atoms with Gasteiger partial charge in [-0.1, -0.05) is 6.92 Å². The van der Waals surface area contributed by atoms with E-state index in [2.05, 4.69) is 29.0 Å². The molecule has 2 rings (SSSR count). The molecule has 1 aliphatic rings. The third kappa shape index (κ3) is 4.92. The van der Waals surface area contributed by atoms with Crippen molar-refractivity contribution >= 4 is 23.5 Å². The van der Waals surface area contributed by atoms with Crippen molar-refractivity contribution in [3.63, 3.8) is 0 Å². The van der Waals surface area contributed by atoms with Crippen LogP contribution in [-0.2, 0) is 0 Å². The van der Waals surface area contributed by atoms with Crippen LogP contribution < -0.4 is 10.2 Å². The molecule has 1 saturated heterocycles. The Hall–Kier alpha value is -1.23. The topological polar surface area (TPSA) is 45.2 Å². The highest BCUT2D eigenvalue weighted by Gasteiger charge is 2.15. The molecule has 1 fully saturated rings. The van der Waals surface area contributed by atoms with Crippen molar-refractivity contribution in [2.75, 3.05) is 29.5 Å². The first-order valence-corrected chi connectivity index (χ1v) is 8.95. The number of anilines is 1. The van der Waals surface area contributed by atoms with Crippen molar-refractivity contribution in [3.05, 3.63) is 23.9 Å². The Balaban J connectivity index is 1.84. The minimum Gasteiger partial charge on any atom is -0.357 e. The molecule has 116 valence electrons. The minimum atomic E-state index is -0.0236. The lowest BCUT2D eigenvalue weighted by molar-refractivity contribution is 0.0939. The maximum absolute atomic E-state index is 12.1. The van der Waals surface area contributed by atoms with Crippen LogP contribution in [0.15, 0.2) is 18.3 Å². The van der Waals surface area contributed by atoms with Crippen LogP contribution in [0.3, 0.4) is 0 Å².